The Morgan fingerprint density at radius 2 is 2.04 bits per heavy atom. The van der Waals surface area contributed by atoms with E-state index in [-0.39, 0.29) is 11.8 Å². The fourth-order valence-corrected chi connectivity index (χ4v) is 4.76. The van der Waals surface area contributed by atoms with Crippen LogP contribution in [-0.2, 0) is 16.6 Å². The molecule has 1 N–H and O–H groups in total. The SMILES string of the molecule is CC1CN(C2CCCCC2)CC1C(=O)NCCc1cccc(C(C)(F)P)c1. The third-order valence-electron chi connectivity index (χ3n) is 6.27. The van der Waals surface area contributed by atoms with Crippen LogP contribution >= 0.6 is 9.24 Å². The van der Waals surface area contributed by atoms with Crippen molar-refractivity contribution < 1.29 is 9.18 Å². The van der Waals surface area contributed by atoms with E-state index in [0.717, 1.165) is 25.1 Å². The number of likely N-dealkylation sites (tertiary alicyclic amines) is 1. The molecule has 1 aromatic rings. The van der Waals surface area contributed by atoms with Gasteiger partial charge in [0.1, 0.15) is 5.41 Å². The maximum absolute atomic E-state index is 14.1. The van der Waals surface area contributed by atoms with E-state index < -0.39 is 5.41 Å². The Labute approximate surface area is 165 Å². The average Bonchev–Trinajstić information content (AvgIpc) is 3.04. The summed E-state index contributed by atoms with van der Waals surface area (Å²) < 4.78 is 14.1. The highest BCUT2D eigenvalue weighted by Crippen LogP contribution is 2.33. The Balaban J connectivity index is 1.48. The highest BCUT2D eigenvalue weighted by molar-refractivity contribution is 7.18. The van der Waals surface area contributed by atoms with Crippen molar-refractivity contribution in [3.05, 3.63) is 35.4 Å². The quantitative estimate of drug-likeness (QED) is 0.734. The van der Waals surface area contributed by atoms with Gasteiger partial charge in [-0.15, -0.1) is 0 Å². The molecular formula is C22H34FN2OP. The van der Waals surface area contributed by atoms with Gasteiger partial charge in [-0.2, -0.15) is 0 Å². The molecule has 1 amide bonds. The summed E-state index contributed by atoms with van der Waals surface area (Å²) in [6.45, 7) is 6.30. The number of benzene rings is 1. The molecule has 150 valence electrons. The van der Waals surface area contributed by atoms with Crippen molar-refractivity contribution in [2.24, 2.45) is 11.8 Å². The van der Waals surface area contributed by atoms with Crippen molar-refractivity contribution in [1.82, 2.24) is 10.2 Å². The number of amides is 1. The number of hydrogen-bond donors (Lipinski definition) is 1. The van der Waals surface area contributed by atoms with E-state index in [9.17, 15) is 9.18 Å². The first-order valence-electron chi connectivity index (χ1n) is 10.4. The second-order valence-corrected chi connectivity index (χ2v) is 9.73. The van der Waals surface area contributed by atoms with Crippen molar-refractivity contribution in [3.63, 3.8) is 0 Å². The van der Waals surface area contributed by atoms with E-state index in [4.69, 9.17) is 0 Å². The first kappa shape index (κ1) is 20.7. The maximum Gasteiger partial charge on any atom is 0.224 e. The van der Waals surface area contributed by atoms with Gasteiger partial charge in [-0.3, -0.25) is 9.69 Å². The molecule has 0 aromatic heterocycles. The number of nitrogens with zero attached hydrogens (tertiary/aromatic N) is 1. The molecule has 2 aliphatic rings. The molecule has 3 rings (SSSR count). The minimum atomic E-state index is -1.42. The molecule has 1 saturated carbocycles. The van der Waals surface area contributed by atoms with Gasteiger partial charge in [0.25, 0.3) is 0 Å². The summed E-state index contributed by atoms with van der Waals surface area (Å²) in [5.41, 5.74) is 1.71. The first-order chi connectivity index (χ1) is 12.8. The maximum atomic E-state index is 14.1. The van der Waals surface area contributed by atoms with Crippen molar-refractivity contribution in [3.8, 4) is 0 Å². The Bertz CT molecular complexity index is 639. The normalized spacial score (nSPS) is 26.7. The van der Waals surface area contributed by atoms with Crippen LogP contribution in [0.5, 0.6) is 0 Å². The van der Waals surface area contributed by atoms with E-state index in [1.807, 2.05) is 18.2 Å². The Kier molecular flexibility index (Phi) is 6.92. The van der Waals surface area contributed by atoms with E-state index in [0.29, 0.717) is 24.1 Å². The number of carbonyl (C=O) groups is 1. The zero-order valence-electron chi connectivity index (χ0n) is 16.7. The van der Waals surface area contributed by atoms with Crippen LogP contribution in [0, 0.1) is 11.8 Å². The summed E-state index contributed by atoms with van der Waals surface area (Å²) >= 11 is 0. The number of hydrogen-bond acceptors (Lipinski definition) is 2. The van der Waals surface area contributed by atoms with Crippen molar-refractivity contribution >= 4 is 15.1 Å². The molecule has 27 heavy (non-hydrogen) atoms. The third-order valence-corrected chi connectivity index (χ3v) is 6.61. The zero-order valence-corrected chi connectivity index (χ0v) is 17.9. The van der Waals surface area contributed by atoms with Crippen molar-refractivity contribution in [2.45, 2.75) is 63.8 Å². The molecule has 5 heteroatoms. The van der Waals surface area contributed by atoms with Crippen molar-refractivity contribution in [1.29, 1.82) is 0 Å². The van der Waals surface area contributed by atoms with Crippen LogP contribution in [0.25, 0.3) is 0 Å². The summed E-state index contributed by atoms with van der Waals surface area (Å²) in [7, 11) is 2.24. The largest absolute Gasteiger partial charge is 0.355 e. The number of halogens is 1. The van der Waals surface area contributed by atoms with Crippen LogP contribution in [0.2, 0.25) is 0 Å². The van der Waals surface area contributed by atoms with Gasteiger partial charge in [0, 0.05) is 25.7 Å². The van der Waals surface area contributed by atoms with Crippen LogP contribution < -0.4 is 5.32 Å². The predicted molar refractivity (Wildman–Crippen MR) is 112 cm³/mol. The Morgan fingerprint density at radius 1 is 1.30 bits per heavy atom. The molecule has 3 nitrogen and oxygen atoms in total. The highest BCUT2D eigenvalue weighted by atomic mass is 31.0. The monoisotopic (exact) mass is 392 g/mol. The minimum absolute atomic E-state index is 0.0967. The standard InChI is InChI=1S/C22H34FN2OP/c1-16-14-25(19-9-4-3-5-10-19)15-20(16)21(26)24-12-11-17-7-6-8-18(13-17)22(2,23)27/h6-8,13,16,19-20H,3-5,9-12,14-15,27H2,1-2H3,(H,24,26). The molecule has 1 aliphatic carbocycles. The molecule has 0 radical (unpaired) electrons. The number of rotatable bonds is 6. The van der Waals surface area contributed by atoms with Gasteiger partial charge >= 0.3 is 0 Å². The molecule has 0 bridgehead atoms. The molecule has 2 fully saturated rings. The van der Waals surface area contributed by atoms with Crippen LogP contribution in [0.4, 0.5) is 4.39 Å². The lowest BCUT2D eigenvalue weighted by atomic mass is 9.94. The molecule has 1 aromatic carbocycles. The van der Waals surface area contributed by atoms with Crippen LogP contribution in [0.1, 0.15) is 57.1 Å². The lowest BCUT2D eigenvalue weighted by Crippen LogP contribution is -2.38. The molecule has 4 unspecified atom stereocenters. The third kappa shape index (κ3) is 5.51. The molecule has 1 heterocycles. The molecular weight excluding hydrogens is 358 g/mol. The van der Waals surface area contributed by atoms with E-state index in [1.54, 1.807) is 6.07 Å². The highest BCUT2D eigenvalue weighted by Gasteiger charge is 2.37. The van der Waals surface area contributed by atoms with Gasteiger partial charge in [0.15, 0.2) is 0 Å². The summed E-state index contributed by atoms with van der Waals surface area (Å²) in [4.78, 5) is 15.3. The first-order valence-corrected chi connectivity index (χ1v) is 11.0. The molecule has 1 saturated heterocycles. The second kappa shape index (κ2) is 9.01. The van der Waals surface area contributed by atoms with Gasteiger partial charge in [0.05, 0.1) is 5.92 Å². The molecule has 1 aliphatic heterocycles. The van der Waals surface area contributed by atoms with Gasteiger partial charge in [0.2, 0.25) is 5.91 Å². The van der Waals surface area contributed by atoms with Crippen LogP contribution in [0.3, 0.4) is 0 Å². The van der Waals surface area contributed by atoms with E-state index in [1.165, 1.54) is 39.0 Å². The molecule has 0 spiro atoms. The second-order valence-electron chi connectivity index (χ2n) is 8.65. The summed E-state index contributed by atoms with van der Waals surface area (Å²) in [5.74, 6) is 0.692. The predicted octanol–water partition coefficient (Wildman–Crippen LogP) is 4.26. The van der Waals surface area contributed by atoms with Gasteiger partial charge in [-0.25, -0.2) is 4.39 Å². The smallest absolute Gasteiger partial charge is 0.224 e. The number of alkyl halides is 1. The lowest BCUT2D eigenvalue weighted by Gasteiger charge is -2.31. The number of nitrogens with one attached hydrogen (secondary N) is 1. The van der Waals surface area contributed by atoms with Crippen LogP contribution in [0.15, 0.2) is 24.3 Å². The van der Waals surface area contributed by atoms with Crippen LogP contribution in [-0.4, -0.2) is 36.5 Å². The minimum Gasteiger partial charge on any atom is -0.355 e. The summed E-state index contributed by atoms with van der Waals surface area (Å²) in [6.07, 6.45) is 7.34. The average molecular weight is 392 g/mol. The fraction of sp³-hybridized carbons (Fsp3) is 0.682. The van der Waals surface area contributed by atoms with Crippen molar-refractivity contribution in [2.75, 3.05) is 19.6 Å². The zero-order chi connectivity index (χ0) is 19.4. The Hall–Kier alpha value is -0.990. The Morgan fingerprint density at radius 3 is 2.74 bits per heavy atom. The topological polar surface area (TPSA) is 32.3 Å². The number of carbonyl (C=O) groups excluding carboxylic acids is 1. The lowest BCUT2D eigenvalue weighted by molar-refractivity contribution is -0.125. The summed E-state index contributed by atoms with van der Waals surface area (Å²) in [5, 5.41) is 1.71. The summed E-state index contributed by atoms with van der Waals surface area (Å²) in [6, 6.07) is 8.26. The van der Waals surface area contributed by atoms with Gasteiger partial charge in [-0.05, 0) is 43.2 Å². The van der Waals surface area contributed by atoms with Gasteiger partial charge < -0.3 is 5.32 Å². The van der Waals surface area contributed by atoms with E-state index in [2.05, 4.69) is 26.4 Å². The van der Waals surface area contributed by atoms with Gasteiger partial charge in [-0.1, -0.05) is 59.7 Å². The van der Waals surface area contributed by atoms with E-state index >= 15 is 0 Å². The molecule has 4 atom stereocenters. The fourth-order valence-electron chi connectivity index (χ4n) is 4.58.